The molecule has 1 aliphatic heterocycles. The zero-order valence-corrected chi connectivity index (χ0v) is 12.3. The predicted molar refractivity (Wildman–Crippen MR) is 81.4 cm³/mol. The van der Waals surface area contributed by atoms with Gasteiger partial charge in [0.15, 0.2) is 0 Å². The van der Waals surface area contributed by atoms with Gasteiger partial charge in [0.1, 0.15) is 0 Å². The van der Waals surface area contributed by atoms with E-state index in [2.05, 4.69) is 19.1 Å². The molecule has 1 unspecified atom stereocenters. The Labute approximate surface area is 121 Å². The van der Waals surface area contributed by atoms with E-state index in [1.807, 2.05) is 30.0 Å². The van der Waals surface area contributed by atoms with Crippen molar-refractivity contribution < 1.29 is 9.53 Å². The summed E-state index contributed by atoms with van der Waals surface area (Å²) in [7, 11) is 0. The van der Waals surface area contributed by atoms with Gasteiger partial charge in [-0.25, -0.2) is 0 Å². The Bertz CT molecular complexity index is 458. The quantitative estimate of drug-likeness (QED) is 0.772. The molecule has 1 atom stereocenters. The molecule has 1 aliphatic rings. The molecule has 0 bridgehead atoms. The average molecular weight is 273 g/mol. The van der Waals surface area contributed by atoms with Crippen molar-refractivity contribution >= 4 is 12.0 Å². The molecule has 1 aromatic rings. The number of rotatable bonds is 5. The maximum atomic E-state index is 12.2. The summed E-state index contributed by atoms with van der Waals surface area (Å²) in [4.78, 5) is 14.1. The molecule has 0 aromatic heterocycles. The van der Waals surface area contributed by atoms with Crippen LogP contribution in [0.5, 0.6) is 0 Å². The van der Waals surface area contributed by atoms with Crippen molar-refractivity contribution in [2.75, 3.05) is 26.3 Å². The number of amides is 1. The first kappa shape index (κ1) is 14.8. The maximum Gasteiger partial charge on any atom is 0.246 e. The Morgan fingerprint density at radius 2 is 2.15 bits per heavy atom. The van der Waals surface area contributed by atoms with Crippen molar-refractivity contribution in [2.45, 2.75) is 20.3 Å². The van der Waals surface area contributed by atoms with Crippen molar-refractivity contribution in [1.82, 2.24) is 4.90 Å². The number of hydrogen-bond donors (Lipinski definition) is 0. The summed E-state index contributed by atoms with van der Waals surface area (Å²) in [5, 5.41) is 0. The Balaban J connectivity index is 1.92. The first-order chi connectivity index (χ1) is 9.69. The molecule has 0 N–H and O–H groups in total. The van der Waals surface area contributed by atoms with Crippen LogP contribution in [0.3, 0.4) is 0 Å². The van der Waals surface area contributed by atoms with Crippen molar-refractivity contribution in [3.05, 3.63) is 41.5 Å². The van der Waals surface area contributed by atoms with Gasteiger partial charge in [-0.3, -0.25) is 4.79 Å². The Hall–Kier alpha value is -1.61. The minimum Gasteiger partial charge on any atom is -0.381 e. The summed E-state index contributed by atoms with van der Waals surface area (Å²) >= 11 is 0. The van der Waals surface area contributed by atoms with Crippen LogP contribution in [0.15, 0.2) is 30.3 Å². The highest BCUT2D eigenvalue weighted by Crippen LogP contribution is 2.14. The van der Waals surface area contributed by atoms with Crippen molar-refractivity contribution in [2.24, 2.45) is 5.92 Å². The highest BCUT2D eigenvalue weighted by atomic mass is 16.5. The van der Waals surface area contributed by atoms with Gasteiger partial charge < -0.3 is 9.64 Å². The lowest BCUT2D eigenvalue weighted by atomic mass is 10.1. The number of nitrogens with zero attached hydrogens (tertiary/aromatic N) is 1. The van der Waals surface area contributed by atoms with Crippen LogP contribution >= 0.6 is 0 Å². The lowest BCUT2D eigenvalue weighted by molar-refractivity contribution is -0.126. The summed E-state index contributed by atoms with van der Waals surface area (Å²) < 4.78 is 5.37. The Kier molecular flexibility index (Phi) is 5.36. The van der Waals surface area contributed by atoms with Crippen molar-refractivity contribution in [3.8, 4) is 0 Å². The molecule has 1 saturated heterocycles. The molecule has 0 aliphatic carbocycles. The van der Waals surface area contributed by atoms with E-state index in [0.717, 1.165) is 38.3 Å². The standard InChI is InChI=1S/C17H23NO2/c1-3-18(12-16-10-11-20-13-16)17(19)9-8-15-6-4-14(2)5-7-15/h4-9,16H,3,10-13H2,1-2H3. The first-order valence-corrected chi connectivity index (χ1v) is 7.30. The molecule has 2 rings (SSSR count). The average Bonchev–Trinajstić information content (AvgIpc) is 2.97. The first-order valence-electron chi connectivity index (χ1n) is 7.30. The SMILES string of the molecule is CCN(CC1CCOC1)C(=O)C=Cc1ccc(C)cc1. The van der Waals surface area contributed by atoms with Crippen LogP contribution in [0.4, 0.5) is 0 Å². The topological polar surface area (TPSA) is 29.5 Å². The molecule has 1 aromatic carbocycles. The molecule has 108 valence electrons. The second-order valence-corrected chi connectivity index (χ2v) is 5.35. The largest absolute Gasteiger partial charge is 0.381 e. The van der Waals surface area contributed by atoms with Gasteiger partial charge in [-0.15, -0.1) is 0 Å². The molecule has 20 heavy (non-hydrogen) atoms. The van der Waals surface area contributed by atoms with E-state index in [9.17, 15) is 4.79 Å². The molecule has 0 radical (unpaired) electrons. The van der Waals surface area contributed by atoms with E-state index in [-0.39, 0.29) is 5.91 Å². The third kappa shape index (κ3) is 4.20. The molecular formula is C17H23NO2. The van der Waals surface area contributed by atoms with Gasteiger partial charge >= 0.3 is 0 Å². The van der Waals surface area contributed by atoms with Gasteiger partial charge in [-0.05, 0) is 31.9 Å². The highest BCUT2D eigenvalue weighted by molar-refractivity contribution is 5.91. The number of carbonyl (C=O) groups excluding carboxylic acids is 1. The summed E-state index contributed by atoms with van der Waals surface area (Å²) in [5.74, 6) is 0.576. The molecule has 0 saturated carbocycles. The van der Waals surface area contributed by atoms with Gasteiger partial charge in [-0.1, -0.05) is 29.8 Å². The van der Waals surface area contributed by atoms with E-state index in [1.54, 1.807) is 6.08 Å². The Morgan fingerprint density at radius 1 is 1.40 bits per heavy atom. The third-order valence-electron chi connectivity index (χ3n) is 3.69. The van der Waals surface area contributed by atoms with Gasteiger partial charge in [0.2, 0.25) is 5.91 Å². The van der Waals surface area contributed by atoms with Crippen LogP contribution in [0.1, 0.15) is 24.5 Å². The van der Waals surface area contributed by atoms with E-state index < -0.39 is 0 Å². The zero-order chi connectivity index (χ0) is 14.4. The highest BCUT2D eigenvalue weighted by Gasteiger charge is 2.20. The molecular weight excluding hydrogens is 250 g/mol. The number of carbonyl (C=O) groups is 1. The fraction of sp³-hybridized carbons (Fsp3) is 0.471. The van der Waals surface area contributed by atoms with Gasteiger partial charge in [0.25, 0.3) is 0 Å². The fourth-order valence-corrected chi connectivity index (χ4v) is 2.36. The molecule has 1 heterocycles. The van der Waals surface area contributed by atoms with Crippen LogP contribution < -0.4 is 0 Å². The number of aryl methyl sites for hydroxylation is 1. The lowest BCUT2D eigenvalue weighted by Gasteiger charge is -2.22. The van der Waals surface area contributed by atoms with E-state index >= 15 is 0 Å². The second-order valence-electron chi connectivity index (χ2n) is 5.35. The van der Waals surface area contributed by atoms with Crippen LogP contribution in [-0.4, -0.2) is 37.1 Å². The van der Waals surface area contributed by atoms with E-state index in [0.29, 0.717) is 5.92 Å². The third-order valence-corrected chi connectivity index (χ3v) is 3.69. The van der Waals surface area contributed by atoms with Crippen molar-refractivity contribution in [3.63, 3.8) is 0 Å². The van der Waals surface area contributed by atoms with E-state index in [4.69, 9.17) is 4.74 Å². The minimum atomic E-state index is 0.0833. The molecule has 3 nitrogen and oxygen atoms in total. The zero-order valence-electron chi connectivity index (χ0n) is 12.3. The summed E-state index contributed by atoms with van der Waals surface area (Å²) in [5.41, 5.74) is 2.29. The Morgan fingerprint density at radius 3 is 2.75 bits per heavy atom. The van der Waals surface area contributed by atoms with Crippen LogP contribution in [0.2, 0.25) is 0 Å². The van der Waals surface area contributed by atoms with Gasteiger partial charge in [0, 0.05) is 31.7 Å². The maximum absolute atomic E-state index is 12.2. The monoisotopic (exact) mass is 273 g/mol. The number of ether oxygens (including phenoxy) is 1. The van der Waals surface area contributed by atoms with Crippen LogP contribution in [0.25, 0.3) is 6.08 Å². The van der Waals surface area contributed by atoms with Crippen molar-refractivity contribution in [1.29, 1.82) is 0 Å². The summed E-state index contributed by atoms with van der Waals surface area (Å²) in [6.07, 6.45) is 4.62. The summed E-state index contributed by atoms with van der Waals surface area (Å²) in [6.45, 7) is 7.23. The minimum absolute atomic E-state index is 0.0833. The number of likely N-dealkylation sites (N-methyl/N-ethyl adjacent to an activating group) is 1. The van der Waals surface area contributed by atoms with Gasteiger partial charge in [0.05, 0.1) is 6.61 Å². The number of benzene rings is 1. The molecule has 1 amide bonds. The van der Waals surface area contributed by atoms with Crippen LogP contribution in [-0.2, 0) is 9.53 Å². The molecule has 0 spiro atoms. The number of hydrogen-bond acceptors (Lipinski definition) is 2. The molecule has 3 heteroatoms. The predicted octanol–water partition coefficient (Wildman–Crippen LogP) is 2.89. The fourth-order valence-electron chi connectivity index (χ4n) is 2.36. The van der Waals surface area contributed by atoms with Gasteiger partial charge in [-0.2, -0.15) is 0 Å². The normalized spacial score (nSPS) is 18.6. The van der Waals surface area contributed by atoms with Crippen LogP contribution in [0, 0.1) is 12.8 Å². The van der Waals surface area contributed by atoms with E-state index in [1.165, 1.54) is 5.56 Å². The summed E-state index contributed by atoms with van der Waals surface area (Å²) in [6, 6.07) is 8.16. The second kappa shape index (κ2) is 7.25. The smallest absolute Gasteiger partial charge is 0.246 e. The lowest BCUT2D eigenvalue weighted by Crippen LogP contribution is -2.34. The molecule has 1 fully saturated rings.